The first-order chi connectivity index (χ1) is 12.1. The van der Waals surface area contributed by atoms with Gasteiger partial charge in [-0.1, -0.05) is 11.6 Å². The van der Waals surface area contributed by atoms with Gasteiger partial charge in [0.15, 0.2) is 5.65 Å². The molecule has 1 amide bonds. The summed E-state index contributed by atoms with van der Waals surface area (Å²) in [6, 6.07) is 4.62. The number of benzene rings is 1. The fourth-order valence-corrected chi connectivity index (χ4v) is 2.67. The molecule has 1 aromatic carbocycles. The molecule has 0 saturated carbocycles. The molecule has 4 aromatic rings. The van der Waals surface area contributed by atoms with Crippen molar-refractivity contribution in [2.24, 2.45) is 0 Å². The summed E-state index contributed by atoms with van der Waals surface area (Å²) in [6.07, 6.45) is 7.74. The highest BCUT2D eigenvalue weighted by molar-refractivity contribution is 6.31. The van der Waals surface area contributed by atoms with Gasteiger partial charge in [-0.25, -0.2) is 9.97 Å². The predicted octanol–water partition coefficient (Wildman–Crippen LogP) is 2.73. The van der Waals surface area contributed by atoms with E-state index in [1.54, 1.807) is 35.3 Å². The van der Waals surface area contributed by atoms with Gasteiger partial charge in [0.05, 0.1) is 17.6 Å². The number of carbonyl (C=O) groups excluding carboxylic acids is 1. The van der Waals surface area contributed by atoms with Gasteiger partial charge in [0.2, 0.25) is 0 Å². The summed E-state index contributed by atoms with van der Waals surface area (Å²) in [5, 5.41) is 20.0. The number of halogens is 1. The summed E-state index contributed by atoms with van der Waals surface area (Å²) in [6.45, 7) is 0. The molecule has 25 heavy (non-hydrogen) atoms. The Kier molecular flexibility index (Phi) is 3.58. The summed E-state index contributed by atoms with van der Waals surface area (Å²) in [4.78, 5) is 20.8. The molecule has 0 aliphatic rings. The molecule has 124 valence electrons. The number of amides is 1. The van der Waals surface area contributed by atoms with Crippen molar-refractivity contribution in [1.82, 2.24) is 24.6 Å². The summed E-state index contributed by atoms with van der Waals surface area (Å²) >= 11 is 5.99. The number of imidazole rings is 1. The zero-order chi connectivity index (χ0) is 17.4. The Balaban J connectivity index is 1.71. The Labute approximate surface area is 146 Å². The molecule has 8 nitrogen and oxygen atoms in total. The Morgan fingerprint density at radius 3 is 3.08 bits per heavy atom. The number of aromatic amines is 1. The van der Waals surface area contributed by atoms with Crippen molar-refractivity contribution in [1.29, 1.82) is 0 Å². The molecule has 0 spiro atoms. The van der Waals surface area contributed by atoms with Crippen molar-refractivity contribution < 1.29 is 9.90 Å². The summed E-state index contributed by atoms with van der Waals surface area (Å²) < 4.78 is 1.65. The number of nitrogens with zero attached hydrogens (tertiary/aromatic N) is 4. The molecule has 0 aliphatic carbocycles. The Morgan fingerprint density at radius 1 is 1.32 bits per heavy atom. The maximum absolute atomic E-state index is 12.6. The van der Waals surface area contributed by atoms with Crippen LogP contribution in [-0.4, -0.2) is 35.6 Å². The molecule has 0 fully saturated rings. The lowest BCUT2D eigenvalue weighted by molar-refractivity contribution is 0.102. The third-order valence-corrected chi connectivity index (χ3v) is 3.90. The van der Waals surface area contributed by atoms with Gasteiger partial charge in [0.25, 0.3) is 5.91 Å². The van der Waals surface area contributed by atoms with E-state index >= 15 is 0 Å². The monoisotopic (exact) mass is 354 g/mol. The van der Waals surface area contributed by atoms with Crippen molar-refractivity contribution in [2.45, 2.75) is 0 Å². The second kappa shape index (κ2) is 5.91. The number of hydrogen-bond donors (Lipinski definition) is 3. The molecule has 3 heterocycles. The number of aromatic hydroxyl groups is 1. The lowest BCUT2D eigenvalue weighted by Crippen LogP contribution is -2.14. The van der Waals surface area contributed by atoms with E-state index in [0.717, 1.165) is 0 Å². The minimum absolute atomic E-state index is 0.0150. The highest BCUT2D eigenvalue weighted by Gasteiger charge is 2.17. The second-order valence-corrected chi connectivity index (χ2v) is 5.68. The highest BCUT2D eigenvalue weighted by Crippen LogP contribution is 2.34. The predicted molar refractivity (Wildman–Crippen MR) is 91.6 cm³/mol. The van der Waals surface area contributed by atoms with E-state index in [1.165, 1.54) is 18.5 Å². The number of H-pyrrole nitrogens is 1. The molecule has 0 aliphatic heterocycles. The Bertz CT molecular complexity index is 1090. The first-order valence-electron chi connectivity index (χ1n) is 7.24. The number of rotatable bonds is 3. The van der Waals surface area contributed by atoms with Crippen LogP contribution in [-0.2, 0) is 0 Å². The summed E-state index contributed by atoms with van der Waals surface area (Å²) in [7, 11) is 0. The van der Waals surface area contributed by atoms with Crippen LogP contribution in [0.1, 0.15) is 10.4 Å². The van der Waals surface area contributed by atoms with Crippen LogP contribution >= 0.6 is 11.6 Å². The lowest BCUT2D eigenvalue weighted by Gasteiger charge is -2.08. The van der Waals surface area contributed by atoms with Gasteiger partial charge >= 0.3 is 0 Å². The van der Waals surface area contributed by atoms with Crippen LogP contribution in [0.4, 0.5) is 5.69 Å². The molecule has 3 N–H and O–H groups in total. The third kappa shape index (κ3) is 2.68. The number of phenols is 1. The average molecular weight is 355 g/mol. The largest absolute Gasteiger partial charge is 0.507 e. The SMILES string of the molecule is O=C(Nc1cn[nH]c1-c1cc(Cl)ccc1O)c1cncn2ccnc12. The van der Waals surface area contributed by atoms with Crippen molar-refractivity contribution in [2.75, 3.05) is 5.32 Å². The zero-order valence-electron chi connectivity index (χ0n) is 12.6. The van der Waals surface area contributed by atoms with Gasteiger partial charge in [0, 0.05) is 29.2 Å². The maximum atomic E-state index is 12.6. The first kappa shape index (κ1) is 15.2. The van der Waals surface area contributed by atoms with E-state index in [9.17, 15) is 9.90 Å². The second-order valence-electron chi connectivity index (χ2n) is 5.24. The Hall–Kier alpha value is -3.39. The van der Waals surface area contributed by atoms with Crippen LogP contribution in [0.5, 0.6) is 5.75 Å². The topological polar surface area (TPSA) is 108 Å². The van der Waals surface area contributed by atoms with Crippen molar-refractivity contribution in [3.63, 3.8) is 0 Å². The van der Waals surface area contributed by atoms with Gasteiger partial charge in [-0.2, -0.15) is 5.10 Å². The van der Waals surface area contributed by atoms with Crippen molar-refractivity contribution in [3.05, 3.63) is 59.9 Å². The third-order valence-electron chi connectivity index (χ3n) is 3.66. The van der Waals surface area contributed by atoms with Gasteiger partial charge in [-0.3, -0.25) is 14.3 Å². The van der Waals surface area contributed by atoms with Gasteiger partial charge in [0.1, 0.15) is 17.6 Å². The molecule has 0 saturated heterocycles. The number of carbonyl (C=O) groups is 1. The number of anilines is 1. The minimum atomic E-state index is -0.395. The molecule has 4 rings (SSSR count). The van der Waals surface area contributed by atoms with Crippen LogP contribution in [0.15, 0.2) is 49.3 Å². The minimum Gasteiger partial charge on any atom is -0.507 e. The van der Waals surface area contributed by atoms with Crippen LogP contribution in [0.2, 0.25) is 5.02 Å². The standard InChI is InChI=1S/C16H11ClN6O2/c17-9-1-2-13(24)10(5-9)14-12(7-20-22-14)21-16(25)11-6-18-8-23-4-3-19-15(11)23/h1-8,24H,(H,20,22)(H,21,25). The molecular weight excluding hydrogens is 344 g/mol. The van der Waals surface area contributed by atoms with E-state index < -0.39 is 5.91 Å². The summed E-state index contributed by atoms with van der Waals surface area (Å²) in [5.41, 5.74) is 2.07. The maximum Gasteiger partial charge on any atom is 0.261 e. The molecule has 0 unspecified atom stereocenters. The average Bonchev–Trinajstić information content (AvgIpc) is 3.25. The van der Waals surface area contributed by atoms with Crippen molar-refractivity contribution >= 4 is 28.8 Å². The smallest absolute Gasteiger partial charge is 0.261 e. The Morgan fingerprint density at radius 2 is 2.20 bits per heavy atom. The van der Waals surface area contributed by atoms with E-state index in [0.29, 0.717) is 33.2 Å². The van der Waals surface area contributed by atoms with Gasteiger partial charge in [-0.15, -0.1) is 0 Å². The lowest BCUT2D eigenvalue weighted by atomic mass is 10.1. The van der Waals surface area contributed by atoms with Crippen LogP contribution < -0.4 is 5.32 Å². The van der Waals surface area contributed by atoms with Crippen LogP contribution in [0, 0.1) is 0 Å². The first-order valence-corrected chi connectivity index (χ1v) is 7.61. The summed E-state index contributed by atoms with van der Waals surface area (Å²) in [5.74, 6) is -0.380. The van der Waals surface area contributed by atoms with Crippen molar-refractivity contribution in [3.8, 4) is 17.0 Å². The number of hydrogen-bond acceptors (Lipinski definition) is 5. The van der Waals surface area contributed by atoms with E-state index in [1.807, 2.05) is 0 Å². The molecule has 0 atom stereocenters. The van der Waals surface area contributed by atoms with Gasteiger partial charge < -0.3 is 10.4 Å². The zero-order valence-corrected chi connectivity index (χ0v) is 13.4. The number of aromatic nitrogens is 5. The molecule has 0 bridgehead atoms. The van der Waals surface area contributed by atoms with Crippen LogP contribution in [0.3, 0.4) is 0 Å². The molecule has 3 aromatic heterocycles. The molecule has 9 heteroatoms. The molecule has 0 radical (unpaired) electrons. The van der Waals surface area contributed by atoms with E-state index in [2.05, 4.69) is 25.5 Å². The fourth-order valence-electron chi connectivity index (χ4n) is 2.50. The normalized spacial score (nSPS) is 10.9. The van der Waals surface area contributed by atoms with Crippen LogP contribution in [0.25, 0.3) is 16.9 Å². The number of phenolic OH excluding ortho intramolecular Hbond substituents is 1. The quantitative estimate of drug-likeness (QED) is 0.524. The number of fused-ring (bicyclic) bond motifs is 1. The molecular formula is C16H11ClN6O2. The fraction of sp³-hybridized carbons (Fsp3) is 0. The van der Waals surface area contributed by atoms with E-state index in [4.69, 9.17) is 11.6 Å². The number of nitrogens with one attached hydrogen (secondary N) is 2. The van der Waals surface area contributed by atoms with E-state index in [-0.39, 0.29) is 5.75 Å². The van der Waals surface area contributed by atoms with Gasteiger partial charge in [-0.05, 0) is 18.2 Å². The highest BCUT2D eigenvalue weighted by atomic mass is 35.5.